The number of rotatable bonds is 2. The van der Waals surface area contributed by atoms with Crippen LogP contribution in [-0.4, -0.2) is 40.9 Å². The Labute approximate surface area is 139 Å². The van der Waals surface area contributed by atoms with Crippen molar-refractivity contribution in [2.24, 2.45) is 0 Å². The number of benzene rings is 2. The van der Waals surface area contributed by atoms with E-state index in [-0.39, 0.29) is 40.9 Å². The third-order valence-corrected chi connectivity index (χ3v) is 13.2. The van der Waals surface area contributed by atoms with Crippen molar-refractivity contribution in [1.29, 1.82) is 0 Å². The van der Waals surface area contributed by atoms with Gasteiger partial charge in [0.1, 0.15) is 0 Å². The second-order valence-electron chi connectivity index (χ2n) is 4.95. The van der Waals surface area contributed by atoms with E-state index in [1.54, 1.807) is 2.50 Å². The van der Waals surface area contributed by atoms with Gasteiger partial charge in [0, 0.05) is 0 Å². The van der Waals surface area contributed by atoms with Crippen molar-refractivity contribution in [3.8, 4) is 0 Å². The molecular weight excluding hydrogens is 471 g/mol. The van der Waals surface area contributed by atoms with Crippen LogP contribution in [0.15, 0.2) is 48.5 Å². The van der Waals surface area contributed by atoms with Gasteiger partial charge in [-0.1, -0.05) is 0 Å². The average molecular weight is 488 g/mol. The van der Waals surface area contributed by atoms with Gasteiger partial charge in [0.25, 0.3) is 0 Å². The van der Waals surface area contributed by atoms with Gasteiger partial charge in [-0.2, -0.15) is 0 Å². The molecule has 1 aromatic heterocycles. The zero-order chi connectivity index (χ0) is 13.9. The van der Waals surface area contributed by atoms with Crippen LogP contribution >= 0.6 is 0 Å². The summed E-state index contributed by atoms with van der Waals surface area (Å²) in [6.45, 7) is 4.29. The van der Waals surface area contributed by atoms with Gasteiger partial charge in [-0.25, -0.2) is 0 Å². The molecule has 100 valence electrons. The Morgan fingerprint density at radius 2 is 0.950 bits per heavy atom. The molecule has 0 fully saturated rings. The van der Waals surface area contributed by atoms with E-state index in [1.807, 2.05) is 0 Å². The van der Waals surface area contributed by atoms with Gasteiger partial charge in [0.05, 0.1) is 0 Å². The molecule has 2 aromatic carbocycles. The van der Waals surface area contributed by atoms with Crippen LogP contribution in [0.4, 0.5) is 0 Å². The summed E-state index contributed by atoms with van der Waals surface area (Å²) < 4.78 is 3.59. The summed E-state index contributed by atoms with van der Waals surface area (Å²) in [6, 6.07) is 17.8. The van der Waals surface area contributed by atoms with E-state index >= 15 is 0 Å². The van der Waals surface area contributed by atoms with Gasteiger partial charge in [0.2, 0.25) is 0 Å². The fraction of sp³-hybridized carbons (Fsp3) is 0.111. The van der Waals surface area contributed by atoms with Crippen molar-refractivity contribution in [3.63, 3.8) is 0 Å². The maximum atomic E-state index is 2.44. The van der Waals surface area contributed by atoms with Gasteiger partial charge in [-0.3, -0.25) is 0 Å². The first-order valence-corrected chi connectivity index (χ1v) is 11.3. The van der Waals surface area contributed by atoms with Gasteiger partial charge in [-0.05, 0) is 0 Å². The van der Waals surface area contributed by atoms with E-state index in [9.17, 15) is 0 Å². The molecule has 1 heterocycles. The average Bonchev–Trinajstić information content (AvgIpc) is 2.41. The summed E-state index contributed by atoms with van der Waals surface area (Å²) in [4.78, 5) is 0. The van der Waals surface area contributed by atoms with Crippen molar-refractivity contribution < 1.29 is 0 Å². The van der Waals surface area contributed by atoms with E-state index in [0.29, 0.717) is 0 Å². The summed E-state index contributed by atoms with van der Waals surface area (Å²) in [5, 5.41) is 0. The summed E-state index contributed by atoms with van der Waals surface area (Å²) in [7, 11) is 0. The normalized spacial score (nSPS) is 10.5. The third kappa shape index (κ3) is 3.78. The Bertz CT molecular complexity index is 714. The van der Waals surface area contributed by atoms with Gasteiger partial charge in [0.15, 0.2) is 0 Å². The van der Waals surface area contributed by atoms with Gasteiger partial charge in [-0.15, -0.1) is 0 Å². The van der Waals surface area contributed by atoms with E-state index in [4.69, 9.17) is 0 Å². The Morgan fingerprint density at radius 3 is 1.30 bits per heavy atom. The van der Waals surface area contributed by atoms with E-state index < -0.39 is 0 Å². The monoisotopic (exact) mass is 492 g/mol. The first-order valence-electron chi connectivity index (χ1n) is 6.61. The summed E-state index contributed by atoms with van der Waals surface area (Å²) in [5.41, 5.74) is 5.45. The molecule has 0 saturated heterocycles. The molecule has 0 aliphatic heterocycles. The van der Waals surface area contributed by atoms with Crippen LogP contribution in [-0.2, 0) is 0 Å². The summed E-state index contributed by atoms with van der Waals surface area (Å²) in [5.74, 6) is 0. The predicted octanol–water partition coefficient (Wildman–Crippen LogP) is 2.08. The van der Waals surface area contributed by atoms with Crippen LogP contribution in [0, 0.1) is 13.8 Å². The van der Waals surface area contributed by atoms with Crippen molar-refractivity contribution in [3.05, 3.63) is 73.3 Å². The third-order valence-electron chi connectivity index (χ3n) is 3.13. The van der Waals surface area contributed by atoms with Crippen LogP contribution in [0.5, 0.6) is 0 Å². The Kier molecular flexibility index (Phi) is 4.70. The molecule has 20 heavy (non-hydrogen) atoms. The molecule has 0 aliphatic rings. The van der Waals surface area contributed by atoms with Crippen LogP contribution in [0.25, 0.3) is 12.2 Å². The van der Waals surface area contributed by atoms with Gasteiger partial charge >= 0.3 is 140 Å². The van der Waals surface area contributed by atoms with Crippen molar-refractivity contribution >= 4 is 53.0 Å². The topological polar surface area (TPSA) is 0 Å². The zero-order valence-corrected chi connectivity index (χ0v) is 16.3. The van der Waals surface area contributed by atoms with Gasteiger partial charge < -0.3 is 0 Å². The Morgan fingerprint density at radius 1 is 0.600 bits per heavy atom. The summed E-state index contributed by atoms with van der Waals surface area (Å²) >= 11 is -0.0245. The van der Waals surface area contributed by atoms with Crippen LogP contribution in [0.3, 0.4) is 0 Å². The van der Waals surface area contributed by atoms with Crippen molar-refractivity contribution in [2.45, 2.75) is 13.8 Å². The Balaban J connectivity index is 1.83. The molecule has 0 amide bonds. The first-order chi connectivity index (χ1) is 9.69. The molecule has 0 saturated carbocycles. The zero-order valence-electron chi connectivity index (χ0n) is 11.6. The number of hydrogen-bond acceptors (Lipinski definition) is 0. The molecule has 0 unspecified atom stereocenters. The van der Waals surface area contributed by atoms with Crippen LogP contribution in [0.1, 0.15) is 22.3 Å². The molecule has 2 heteroatoms. The molecule has 0 atom stereocenters. The molecule has 0 bridgehead atoms. The maximum absolute atomic E-state index is 2.44. The minimum atomic E-state index is -0.0123. The molecule has 3 rings (SSSR count). The predicted molar refractivity (Wildman–Crippen MR) is 89.1 cm³/mol. The first kappa shape index (κ1) is 14.4. The quantitative estimate of drug-likeness (QED) is 0.486. The molecule has 0 N–H and O–H groups in total. The number of hydrogen-bond donors (Lipinski definition) is 0. The fourth-order valence-corrected chi connectivity index (χ4v) is 10.6. The van der Waals surface area contributed by atoms with Crippen LogP contribution < -0.4 is 2.50 Å². The molecule has 0 spiro atoms. The second kappa shape index (κ2) is 6.51. The van der Waals surface area contributed by atoms with E-state index in [1.165, 1.54) is 22.3 Å². The molecule has 3 aromatic rings. The van der Waals surface area contributed by atoms with Crippen LogP contribution in [0.2, 0.25) is 0 Å². The van der Waals surface area contributed by atoms with Crippen molar-refractivity contribution in [1.82, 2.24) is 0 Å². The second-order valence-corrected chi connectivity index (χ2v) is 16.1. The van der Waals surface area contributed by atoms with Crippen molar-refractivity contribution in [2.75, 3.05) is 0 Å². The summed E-state index contributed by atoms with van der Waals surface area (Å²) in [6.07, 6.45) is 4.88. The van der Waals surface area contributed by atoms with E-state index in [2.05, 4.69) is 74.5 Å². The Hall–Kier alpha value is -0.501. The molecule has 0 aliphatic carbocycles. The minimum absolute atomic E-state index is 0.0123. The van der Waals surface area contributed by atoms with E-state index in [0.717, 1.165) is 0 Å². The SMILES string of the molecule is Cc1ccc(C=c2[te]c(=Cc3ccc(C)cc3)[te]2)cc1. The standard InChI is InChI=1S/C18H16Te2/c1-13-3-7-15(8-4-13)11-17-19-18(20-17)12-16-9-5-14(2)6-10-16/h3-12H,1-2H3. The fourth-order valence-electron chi connectivity index (χ4n) is 1.92. The number of aryl methyl sites for hydroxylation is 2. The molecule has 0 radical (unpaired) electrons. The molecule has 0 nitrogen and oxygen atoms in total. The molecular formula is C18H16Te2.